The van der Waals surface area contributed by atoms with Crippen molar-refractivity contribution < 1.29 is 0 Å². The molecule has 0 aliphatic rings. The van der Waals surface area contributed by atoms with Crippen molar-refractivity contribution in [2.24, 2.45) is 0 Å². The molecule has 90 valence electrons. The van der Waals surface area contributed by atoms with E-state index in [0.29, 0.717) is 0 Å². The number of hydrogen-bond acceptors (Lipinski definition) is 2. The van der Waals surface area contributed by atoms with Crippen molar-refractivity contribution in [1.29, 1.82) is 0 Å². The molecule has 0 saturated heterocycles. The number of benzene rings is 1. The summed E-state index contributed by atoms with van der Waals surface area (Å²) in [4.78, 5) is 4.73. The second-order valence-corrected chi connectivity index (χ2v) is 5.10. The van der Waals surface area contributed by atoms with Gasteiger partial charge in [0.05, 0.1) is 5.52 Å². The van der Waals surface area contributed by atoms with E-state index in [-0.39, 0.29) is 0 Å². The SMILES string of the molecule is CCc1c(C)nc2c(Br)ccc(C)c2c1NC. The first kappa shape index (κ1) is 12.4. The zero-order valence-corrected chi connectivity index (χ0v) is 12.3. The molecule has 0 bridgehead atoms. The normalized spacial score (nSPS) is 10.9. The van der Waals surface area contributed by atoms with Crippen LogP contribution in [0.25, 0.3) is 10.9 Å². The van der Waals surface area contributed by atoms with Crippen LogP contribution in [0.3, 0.4) is 0 Å². The minimum Gasteiger partial charge on any atom is -0.387 e. The Balaban J connectivity index is 2.98. The number of aryl methyl sites for hydroxylation is 2. The number of nitrogens with one attached hydrogen (secondary N) is 1. The van der Waals surface area contributed by atoms with Crippen molar-refractivity contribution >= 4 is 32.5 Å². The first-order chi connectivity index (χ1) is 8.10. The van der Waals surface area contributed by atoms with Crippen molar-refractivity contribution in [3.8, 4) is 0 Å². The summed E-state index contributed by atoms with van der Waals surface area (Å²) in [7, 11) is 1.98. The van der Waals surface area contributed by atoms with E-state index in [0.717, 1.165) is 22.1 Å². The molecule has 0 radical (unpaired) electrons. The summed E-state index contributed by atoms with van der Waals surface area (Å²) in [6.07, 6.45) is 0.997. The Kier molecular flexibility index (Phi) is 3.38. The van der Waals surface area contributed by atoms with E-state index in [1.807, 2.05) is 7.05 Å². The minimum absolute atomic E-state index is 0.997. The predicted octanol–water partition coefficient (Wildman–Crippen LogP) is 4.22. The molecule has 0 aliphatic heterocycles. The Morgan fingerprint density at radius 1 is 1.29 bits per heavy atom. The van der Waals surface area contributed by atoms with Gasteiger partial charge in [-0.2, -0.15) is 0 Å². The molecule has 1 heterocycles. The van der Waals surface area contributed by atoms with Gasteiger partial charge in [-0.15, -0.1) is 0 Å². The van der Waals surface area contributed by atoms with E-state index >= 15 is 0 Å². The van der Waals surface area contributed by atoms with Crippen LogP contribution < -0.4 is 5.32 Å². The number of nitrogens with zero attached hydrogens (tertiary/aromatic N) is 1. The van der Waals surface area contributed by atoms with Crippen LogP contribution in [0.5, 0.6) is 0 Å². The highest BCUT2D eigenvalue weighted by Gasteiger charge is 2.13. The van der Waals surface area contributed by atoms with Crippen molar-refractivity contribution in [3.05, 3.63) is 33.4 Å². The number of halogens is 1. The van der Waals surface area contributed by atoms with Gasteiger partial charge < -0.3 is 5.32 Å². The van der Waals surface area contributed by atoms with E-state index in [9.17, 15) is 0 Å². The molecule has 0 aliphatic carbocycles. The Morgan fingerprint density at radius 2 is 2.00 bits per heavy atom. The lowest BCUT2D eigenvalue weighted by molar-refractivity contribution is 1.07. The molecule has 2 aromatic rings. The summed E-state index contributed by atoms with van der Waals surface area (Å²) in [6, 6.07) is 4.19. The maximum Gasteiger partial charge on any atom is 0.0870 e. The third-order valence-electron chi connectivity index (χ3n) is 3.21. The highest BCUT2D eigenvalue weighted by Crippen LogP contribution is 2.34. The lowest BCUT2D eigenvalue weighted by atomic mass is 10.0. The molecule has 3 heteroatoms. The van der Waals surface area contributed by atoms with E-state index in [4.69, 9.17) is 4.98 Å². The van der Waals surface area contributed by atoms with Crippen LogP contribution in [0, 0.1) is 13.8 Å². The summed E-state index contributed by atoms with van der Waals surface area (Å²) in [5.74, 6) is 0. The van der Waals surface area contributed by atoms with Gasteiger partial charge in [-0.25, -0.2) is 0 Å². The maximum absolute atomic E-state index is 4.73. The molecule has 1 N–H and O–H groups in total. The molecular formula is C14H17BrN2. The van der Waals surface area contributed by atoms with Gasteiger partial charge >= 0.3 is 0 Å². The van der Waals surface area contributed by atoms with E-state index in [1.54, 1.807) is 0 Å². The van der Waals surface area contributed by atoms with Gasteiger partial charge in [0, 0.05) is 28.3 Å². The monoisotopic (exact) mass is 292 g/mol. The summed E-state index contributed by atoms with van der Waals surface area (Å²) in [6.45, 7) is 6.38. The van der Waals surface area contributed by atoms with Gasteiger partial charge in [0.1, 0.15) is 0 Å². The molecule has 0 spiro atoms. The zero-order chi connectivity index (χ0) is 12.6. The number of aromatic nitrogens is 1. The van der Waals surface area contributed by atoms with E-state index in [2.05, 4.69) is 54.2 Å². The fraction of sp³-hybridized carbons (Fsp3) is 0.357. The highest BCUT2D eigenvalue weighted by atomic mass is 79.9. The quantitative estimate of drug-likeness (QED) is 0.896. The molecule has 0 amide bonds. The number of anilines is 1. The first-order valence-electron chi connectivity index (χ1n) is 5.86. The Bertz CT molecular complexity index is 576. The largest absolute Gasteiger partial charge is 0.387 e. The lowest BCUT2D eigenvalue weighted by Gasteiger charge is -2.16. The molecule has 0 saturated carbocycles. The molecule has 1 aromatic heterocycles. The van der Waals surface area contributed by atoms with Crippen molar-refractivity contribution in [1.82, 2.24) is 4.98 Å². The number of hydrogen-bond donors (Lipinski definition) is 1. The van der Waals surface area contributed by atoms with E-state index in [1.165, 1.54) is 22.2 Å². The third kappa shape index (κ3) is 1.93. The fourth-order valence-corrected chi connectivity index (χ4v) is 2.79. The summed E-state index contributed by atoms with van der Waals surface area (Å²) >= 11 is 3.58. The van der Waals surface area contributed by atoms with Crippen molar-refractivity contribution in [2.75, 3.05) is 12.4 Å². The molecular weight excluding hydrogens is 276 g/mol. The van der Waals surface area contributed by atoms with Crippen LogP contribution in [-0.4, -0.2) is 12.0 Å². The Labute approximate surface area is 111 Å². The molecule has 0 atom stereocenters. The standard InChI is InChI=1S/C14H17BrN2/c1-5-10-9(3)17-14-11(15)7-6-8(2)12(14)13(10)16-4/h6-7H,5H2,1-4H3,(H,16,17). The first-order valence-corrected chi connectivity index (χ1v) is 6.65. The lowest BCUT2D eigenvalue weighted by Crippen LogP contribution is -2.02. The minimum atomic E-state index is 0.997. The number of rotatable bonds is 2. The van der Waals surface area contributed by atoms with Crippen LogP contribution in [0.1, 0.15) is 23.7 Å². The van der Waals surface area contributed by atoms with Crippen LogP contribution in [0.4, 0.5) is 5.69 Å². The second kappa shape index (κ2) is 4.65. The highest BCUT2D eigenvalue weighted by molar-refractivity contribution is 9.10. The molecule has 2 nitrogen and oxygen atoms in total. The smallest absolute Gasteiger partial charge is 0.0870 e. The number of fused-ring (bicyclic) bond motifs is 1. The van der Waals surface area contributed by atoms with Gasteiger partial charge in [-0.3, -0.25) is 4.98 Å². The van der Waals surface area contributed by atoms with Crippen LogP contribution in [-0.2, 0) is 6.42 Å². The van der Waals surface area contributed by atoms with Crippen LogP contribution >= 0.6 is 15.9 Å². The van der Waals surface area contributed by atoms with Gasteiger partial charge in [-0.05, 0) is 53.4 Å². The summed E-state index contributed by atoms with van der Waals surface area (Å²) in [5.41, 5.74) is 5.93. The molecule has 0 fully saturated rings. The van der Waals surface area contributed by atoms with Crippen molar-refractivity contribution in [3.63, 3.8) is 0 Å². The topological polar surface area (TPSA) is 24.9 Å². The zero-order valence-electron chi connectivity index (χ0n) is 10.7. The molecule has 17 heavy (non-hydrogen) atoms. The van der Waals surface area contributed by atoms with Crippen molar-refractivity contribution in [2.45, 2.75) is 27.2 Å². The molecule has 1 aromatic carbocycles. The average molecular weight is 293 g/mol. The predicted molar refractivity (Wildman–Crippen MR) is 77.8 cm³/mol. The Hall–Kier alpha value is -1.09. The summed E-state index contributed by atoms with van der Waals surface area (Å²) in [5, 5.41) is 4.56. The van der Waals surface area contributed by atoms with Gasteiger partial charge in [0.2, 0.25) is 0 Å². The molecule has 0 unspecified atom stereocenters. The van der Waals surface area contributed by atoms with E-state index < -0.39 is 0 Å². The van der Waals surface area contributed by atoms with Crippen LogP contribution in [0.2, 0.25) is 0 Å². The maximum atomic E-state index is 4.73. The van der Waals surface area contributed by atoms with Gasteiger partial charge in [0.15, 0.2) is 0 Å². The Morgan fingerprint density at radius 3 is 2.59 bits per heavy atom. The third-order valence-corrected chi connectivity index (χ3v) is 3.85. The average Bonchev–Trinajstić information content (AvgIpc) is 2.32. The second-order valence-electron chi connectivity index (χ2n) is 4.24. The fourth-order valence-electron chi connectivity index (χ4n) is 2.37. The summed E-state index contributed by atoms with van der Waals surface area (Å²) < 4.78 is 1.06. The van der Waals surface area contributed by atoms with Gasteiger partial charge in [-0.1, -0.05) is 13.0 Å². The van der Waals surface area contributed by atoms with Gasteiger partial charge in [0.25, 0.3) is 0 Å². The number of pyridine rings is 1. The van der Waals surface area contributed by atoms with Crippen LogP contribution in [0.15, 0.2) is 16.6 Å². The molecule has 2 rings (SSSR count).